The largest absolute Gasteiger partial charge is 0.320 e. The highest BCUT2D eigenvalue weighted by Gasteiger charge is 2.18. The van der Waals surface area contributed by atoms with Crippen LogP contribution < -0.4 is 5.73 Å². The molecule has 1 nitrogen and oxygen atoms in total. The molecule has 94 valence electrons. The van der Waals surface area contributed by atoms with E-state index >= 15 is 0 Å². The fourth-order valence-electron chi connectivity index (χ4n) is 1.68. The molecule has 1 atom stereocenters. The fraction of sp³-hybridized carbons (Fsp3) is 0.0769. The Morgan fingerprint density at radius 2 is 1.83 bits per heavy atom. The Balaban J connectivity index is 2.51. The van der Waals surface area contributed by atoms with E-state index in [4.69, 9.17) is 17.3 Å². The van der Waals surface area contributed by atoms with Crippen LogP contribution in [-0.4, -0.2) is 0 Å². The molecular weight excluding hydrogens is 324 g/mol. The van der Waals surface area contributed by atoms with Crippen LogP contribution in [0.5, 0.6) is 0 Å². The molecule has 2 rings (SSSR count). The van der Waals surface area contributed by atoms with E-state index in [1.54, 1.807) is 18.2 Å². The first-order valence-corrected chi connectivity index (χ1v) is 6.32. The van der Waals surface area contributed by atoms with Crippen LogP contribution in [0.1, 0.15) is 17.2 Å². The van der Waals surface area contributed by atoms with Crippen molar-refractivity contribution < 1.29 is 8.78 Å². The SMILES string of the molecule is NC(c1cc(Cl)ccc1Br)c1cccc(F)c1F. The lowest BCUT2D eigenvalue weighted by molar-refractivity contribution is 0.494. The van der Waals surface area contributed by atoms with E-state index in [1.165, 1.54) is 12.1 Å². The molecule has 0 aliphatic rings. The Hall–Kier alpha value is -0.970. The predicted octanol–water partition coefficient (Wildman–Crippen LogP) is 4.43. The third-order valence-electron chi connectivity index (χ3n) is 2.61. The zero-order valence-corrected chi connectivity index (χ0v) is 11.5. The molecule has 0 fully saturated rings. The summed E-state index contributed by atoms with van der Waals surface area (Å²) in [6, 6.07) is 8.18. The minimum absolute atomic E-state index is 0.0953. The molecule has 2 N–H and O–H groups in total. The highest BCUT2D eigenvalue weighted by Crippen LogP contribution is 2.30. The molecule has 0 aliphatic heterocycles. The van der Waals surface area contributed by atoms with Crippen molar-refractivity contribution in [3.05, 3.63) is 68.7 Å². The normalized spacial score (nSPS) is 12.5. The maximum Gasteiger partial charge on any atom is 0.163 e. The summed E-state index contributed by atoms with van der Waals surface area (Å²) in [5, 5.41) is 0.487. The van der Waals surface area contributed by atoms with Crippen molar-refractivity contribution in [2.45, 2.75) is 6.04 Å². The van der Waals surface area contributed by atoms with Gasteiger partial charge in [-0.2, -0.15) is 0 Å². The molecule has 0 heterocycles. The summed E-state index contributed by atoms with van der Waals surface area (Å²) in [5.74, 6) is -1.85. The lowest BCUT2D eigenvalue weighted by atomic mass is 9.99. The van der Waals surface area contributed by atoms with Crippen LogP contribution in [0, 0.1) is 11.6 Å². The number of benzene rings is 2. The van der Waals surface area contributed by atoms with Gasteiger partial charge in [0.25, 0.3) is 0 Å². The second-order valence-electron chi connectivity index (χ2n) is 3.79. The van der Waals surface area contributed by atoms with Gasteiger partial charge in [-0.15, -0.1) is 0 Å². The van der Waals surface area contributed by atoms with Crippen LogP contribution >= 0.6 is 27.5 Å². The van der Waals surface area contributed by atoms with Crippen LogP contribution in [0.25, 0.3) is 0 Å². The van der Waals surface area contributed by atoms with Gasteiger partial charge >= 0.3 is 0 Å². The van der Waals surface area contributed by atoms with E-state index in [-0.39, 0.29) is 5.56 Å². The first-order valence-electron chi connectivity index (χ1n) is 5.15. The molecule has 0 saturated heterocycles. The van der Waals surface area contributed by atoms with Gasteiger partial charge in [0.15, 0.2) is 11.6 Å². The molecule has 0 aromatic heterocycles. The Labute approximate surface area is 117 Å². The summed E-state index contributed by atoms with van der Waals surface area (Å²) >= 11 is 9.19. The monoisotopic (exact) mass is 331 g/mol. The summed E-state index contributed by atoms with van der Waals surface area (Å²) in [7, 11) is 0. The Kier molecular flexibility index (Phi) is 4.00. The third kappa shape index (κ3) is 2.55. The first-order chi connectivity index (χ1) is 8.50. The lowest BCUT2D eigenvalue weighted by Crippen LogP contribution is -2.15. The van der Waals surface area contributed by atoms with Crippen molar-refractivity contribution in [1.82, 2.24) is 0 Å². The summed E-state index contributed by atoms with van der Waals surface area (Å²) in [6.07, 6.45) is 0. The first kappa shape index (κ1) is 13.5. The molecule has 18 heavy (non-hydrogen) atoms. The Morgan fingerprint density at radius 1 is 1.11 bits per heavy atom. The van der Waals surface area contributed by atoms with Gasteiger partial charge in [0, 0.05) is 15.1 Å². The van der Waals surface area contributed by atoms with Gasteiger partial charge in [0.2, 0.25) is 0 Å². The zero-order chi connectivity index (χ0) is 13.3. The molecule has 5 heteroatoms. The van der Waals surface area contributed by atoms with Crippen molar-refractivity contribution in [3.8, 4) is 0 Å². The van der Waals surface area contributed by atoms with Gasteiger partial charge in [-0.05, 0) is 29.8 Å². The van der Waals surface area contributed by atoms with Crippen LogP contribution in [-0.2, 0) is 0 Å². The van der Waals surface area contributed by atoms with Crippen LogP contribution in [0.4, 0.5) is 8.78 Å². The standard InChI is InChI=1S/C13H9BrClF2N/c14-10-5-4-7(15)6-9(10)13(18)8-2-1-3-11(16)12(8)17/h1-6,13H,18H2. The second-order valence-corrected chi connectivity index (χ2v) is 5.08. The quantitative estimate of drug-likeness (QED) is 0.865. The third-order valence-corrected chi connectivity index (χ3v) is 3.57. The van der Waals surface area contributed by atoms with Crippen molar-refractivity contribution in [1.29, 1.82) is 0 Å². The van der Waals surface area contributed by atoms with Gasteiger partial charge in [-0.25, -0.2) is 8.78 Å². The molecule has 2 aromatic rings. The lowest BCUT2D eigenvalue weighted by Gasteiger charge is -2.15. The number of hydrogen-bond acceptors (Lipinski definition) is 1. The summed E-state index contributed by atoms with van der Waals surface area (Å²) < 4.78 is 27.5. The second kappa shape index (κ2) is 5.34. The van der Waals surface area contributed by atoms with Gasteiger partial charge < -0.3 is 5.73 Å². The molecule has 0 saturated carbocycles. The summed E-state index contributed by atoms with van der Waals surface area (Å²) in [6.45, 7) is 0. The number of nitrogens with two attached hydrogens (primary N) is 1. The predicted molar refractivity (Wildman–Crippen MR) is 71.5 cm³/mol. The van der Waals surface area contributed by atoms with Gasteiger partial charge in [0.05, 0.1) is 6.04 Å². The molecular formula is C13H9BrClF2N. The van der Waals surface area contributed by atoms with Crippen LogP contribution in [0.15, 0.2) is 40.9 Å². The van der Waals surface area contributed by atoms with Gasteiger partial charge in [0.1, 0.15) is 0 Å². The highest BCUT2D eigenvalue weighted by atomic mass is 79.9. The van der Waals surface area contributed by atoms with Crippen LogP contribution in [0.2, 0.25) is 5.02 Å². The zero-order valence-electron chi connectivity index (χ0n) is 9.13. The molecule has 0 radical (unpaired) electrons. The van der Waals surface area contributed by atoms with Crippen molar-refractivity contribution in [2.75, 3.05) is 0 Å². The Bertz CT molecular complexity index is 587. The minimum Gasteiger partial charge on any atom is -0.320 e. The Morgan fingerprint density at radius 3 is 2.56 bits per heavy atom. The smallest absolute Gasteiger partial charge is 0.163 e. The summed E-state index contributed by atoms with van der Waals surface area (Å²) in [5.41, 5.74) is 6.66. The van der Waals surface area contributed by atoms with Crippen molar-refractivity contribution in [3.63, 3.8) is 0 Å². The molecule has 2 aromatic carbocycles. The van der Waals surface area contributed by atoms with E-state index in [1.807, 2.05) is 0 Å². The highest BCUT2D eigenvalue weighted by molar-refractivity contribution is 9.10. The number of rotatable bonds is 2. The topological polar surface area (TPSA) is 26.0 Å². The van der Waals surface area contributed by atoms with Gasteiger partial charge in [-0.3, -0.25) is 0 Å². The maximum absolute atomic E-state index is 13.7. The van der Waals surface area contributed by atoms with E-state index in [2.05, 4.69) is 15.9 Å². The summed E-state index contributed by atoms with van der Waals surface area (Å²) in [4.78, 5) is 0. The van der Waals surface area contributed by atoms with Crippen molar-refractivity contribution >= 4 is 27.5 Å². The van der Waals surface area contributed by atoms with Crippen LogP contribution in [0.3, 0.4) is 0 Å². The number of halogens is 4. The molecule has 0 amide bonds. The van der Waals surface area contributed by atoms with E-state index < -0.39 is 17.7 Å². The molecule has 0 bridgehead atoms. The van der Waals surface area contributed by atoms with Gasteiger partial charge in [-0.1, -0.05) is 39.7 Å². The van der Waals surface area contributed by atoms with E-state index in [0.717, 1.165) is 6.07 Å². The maximum atomic E-state index is 13.7. The number of hydrogen-bond donors (Lipinski definition) is 1. The molecule has 1 unspecified atom stereocenters. The van der Waals surface area contributed by atoms with E-state index in [0.29, 0.717) is 15.1 Å². The fourth-order valence-corrected chi connectivity index (χ4v) is 2.35. The average Bonchev–Trinajstić information content (AvgIpc) is 2.35. The van der Waals surface area contributed by atoms with Crippen molar-refractivity contribution in [2.24, 2.45) is 5.73 Å². The minimum atomic E-state index is -0.933. The average molecular weight is 333 g/mol. The molecule has 0 aliphatic carbocycles. The molecule has 0 spiro atoms. The van der Waals surface area contributed by atoms with E-state index in [9.17, 15) is 8.78 Å².